The highest BCUT2D eigenvalue weighted by atomic mass is 79.9. The van der Waals surface area contributed by atoms with Crippen LogP contribution < -0.4 is 5.32 Å². The fraction of sp³-hybridized carbons (Fsp3) is 0.462. The molecule has 0 bridgehead atoms. The number of anilines is 1. The number of nitrogens with one attached hydrogen (secondary N) is 1. The molecule has 0 fully saturated rings. The molecule has 3 aromatic rings. The standard InChI is InChI=1S/C26H30BrN5OS2/c1-5-26(3,4)17-9-12-19-20(14-28)24(35-21(19)13-17)29-22(33)15-34-25-31-30-23(32(25)6-2)16-7-10-18(27)11-8-16/h7-8,10-11,17H,5-6,9,12-13,15H2,1-4H3,(H,29,33). The Morgan fingerprint density at radius 3 is 2.71 bits per heavy atom. The van der Waals surface area contributed by atoms with E-state index >= 15 is 0 Å². The van der Waals surface area contributed by atoms with Gasteiger partial charge in [0.05, 0.1) is 11.3 Å². The quantitative estimate of drug-likeness (QED) is 0.296. The van der Waals surface area contributed by atoms with Gasteiger partial charge in [-0.1, -0.05) is 67.0 Å². The van der Waals surface area contributed by atoms with Gasteiger partial charge < -0.3 is 9.88 Å². The third-order valence-corrected chi connectivity index (χ3v) is 9.78. The molecule has 184 valence electrons. The molecule has 1 aliphatic carbocycles. The lowest BCUT2D eigenvalue weighted by atomic mass is 9.69. The maximum Gasteiger partial charge on any atom is 0.235 e. The number of aromatic nitrogens is 3. The van der Waals surface area contributed by atoms with Crippen LogP contribution >= 0.6 is 39.0 Å². The van der Waals surface area contributed by atoms with E-state index in [9.17, 15) is 10.1 Å². The molecule has 0 spiro atoms. The number of hydrogen-bond acceptors (Lipinski definition) is 6. The summed E-state index contributed by atoms with van der Waals surface area (Å²) in [6.07, 6.45) is 4.12. The highest BCUT2D eigenvalue weighted by Crippen LogP contribution is 2.45. The van der Waals surface area contributed by atoms with Crippen LogP contribution in [0.5, 0.6) is 0 Å². The normalized spacial score (nSPS) is 15.5. The summed E-state index contributed by atoms with van der Waals surface area (Å²) in [6, 6.07) is 10.3. The van der Waals surface area contributed by atoms with Gasteiger partial charge in [0.2, 0.25) is 5.91 Å². The lowest BCUT2D eigenvalue weighted by molar-refractivity contribution is -0.113. The van der Waals surface area contributed by atoms with Crippen molar-refractivity contribution in [2.24, 2.45) is 11.3 Å². The van der Waals surface area contributed by atoms with Crippen LogP contribution in [0, 0.1) is 22.7 Å². The van der Waals surface area contributed by atoms with Crippen LogP contribution in [0.4, 0.5) is 5.00 Å². The Kier molecular flexibility index (Phi) is 8.04. The third kappa shape index (κ3) is 5.50. The molecular weight excluding hydrogens is 542 g/mol. The second-order valence-corrected chi connectivity index (χ2v) is 12.5. The van der Waals surface area contributed by atoms with Crippen molar-refractivity contribution >= 4 is 49.9 Å². The minimum absolute atomic E-state index is 0.133. The van der Waals surface area contributed by atoms with E-state index in [-0.39, 0.29) is 17.1 Å². The number of carbonyl (C=O) groups is 1. The predicted octanol–water partition coefficient (Wildman–Crippen LogP) is 6.93. The molecule has 1 amide bonds. The van der Waals surface area contributed by atoms with Gasteiger partial charge in [0.15, 0.2) is 11.0 Å². The molecule has 0 saturated carbocycles. The first kappa shape index (κ1) is 25.9. The molecule has 0 radical (unpaired) electrons. The molecule has 1 atom stereocenters. The predicted molar refractivity (Wildman–Crippen MR) is 147 cm³/mol. The molecule has 0 saturated heterocycles. The number of benzene rings is 1. The van der Waals surface area contributed by atoms with Crippen molar-refractivity contribution in [2.75, 3.05) is 11.1 Å². The fourth-order valence-electron chi connectivity index (χ4n) is 4.53. The van der Waals surface area contributed by atoms with E-state index in [1.54, 1.807) is 11.3 Å². The van der Waals surface area contributed by atoms with Gasteiger partial charge in [-0.2, -0.15) is 5.26 Å². The van der Waals surface area contributed by atoms with Crippen LogP contribution in [0.25, 0.3) is 11.4 Å². The van der Waals surface area contributed by atoms with Crippen LogP contribution in [0.3, 0.4) is 0 Å². The lowest BCUT2D eigenvalue weighted by Gasteiger charge is -2.36. The zero-order valence-electron chi connectivity index (χ0n) is 20.5. The van der Waals surface area contributed by atoms with Crippen molar-refractivity contribution in [3.63, 3.8) is 0 Å². The molecule has 9 heteroatoms. The van der Waals surface area contributed by atoms with Crippen molar-refractivity contribution < 1.29 is 4.79 Å². The number of nitrogens with zero attached hydrogens (tertiary/aromatic N) is 4. The Morgan fingerprint density at radius 2 is 2.06 bits per heavy atom. The Labute approximate surface area is 223 Å². The smallest absolute Gasteiger partial charge is 0.235 e. The Bertz CT molecular complexity index is 1260. The van der Waals surface area contributed by atoms with Crippen molar-refractivity contribution in [3.8, 4) is 17.5 Å². The van der Waals surface area contributed by atoms with Gasteiger partial charge >= 0.3 is 0 Å². The summed E-state index contributed by atoms with van der Waals surface area (Å²) in [7, 11) is 0. The van der Waals surface area contributed by atoms with E-state index in [4.69, 9.17) is 0 Å². The van der Waals surface area contributed by atoms with Gasteiger partial charge in [0.1, 0.15) is 11.1 Å². The topological polar surface area (TPSA) is 83.6 Å². The fourth-order valence-corrected chi connectivity index (χ4v) is 6.89. The van der Waals surface area contributed by atoms with E-state index in [0.29, 0.717) is 28.2 Å². The molecule has 0 aliphatic heterocycles. The molecular formula is C26H30BrN5OS2. The van der Waals surface area contributed by atoms with E-state index in [2.05, 4.69) is 58.3 Å². The van der Waals surface area contributed by atoms with Gasteiger partial charge in [0.25, 0.3) is 0 Å². The second-order valence-electron chi connectivity index (χ2n) is 9.50. The Morgan fingerprint density at radius 1 is 1.31 bits per heavy atom. The maximum atomic E-state index is 12.9. The maximum absolute atomic E-state index is 12.9. The third-order valence-electron chi connectivity index (χ3n) is 7.11. The molecule has 1 N–H and O–H groups in total. The van der Waals surface area contributed by atoms with Crippen LogP contribution in [0.2, 0.25) is 0 Å². The van der Waals surface area contributed by atoms with Crippen LogP contribution in [0.1, 0.15) is 56.5 Å². The van der Waals surface area contributed by atoms with Gasteiger partial charge in [-0.25, -0.2) is 0 Å². The summed E-state index contributed by atoms with van der Waals surface area (Å²) in [5.74, 6) is 1.46. The van der Waals surface area contributed by atoms with E-state index in [1.807, 2.05) is 35.8 Å². The Hall–Kier alpha value is -2.15. The summed E-state index contributed by atoms with van der Waals surface area (Å²) in [5.41, 5.74) is 3.03. The molecule has 1 aromatic carbocycles. The summed E-state index contributed by atoms with van der Waals surface area (Å²) in [4.78, 5) is 14.1. The van der Waals surface area contributed by atoms with Crippen LogP contribution in [-0.4, -0.2) is 26.4 Å². The van der Waals surface area contributed by atoms with Crippen molar-refractivity contribution in [1.82, 2.24) is 14.8 Å². The molecule has 1 aliphatic rings. The second kappa shape index (κ2) is 10.9. The molecule has 35 heavy (non-hydrogen) atoms. The first-order chi connectivity index (χ1) is 16.8. The SMILES string of the molecule is CCn1c(SCC(=O)Nc2sc3c(c2C#N)CCC(C(C)(C)CC)C3)nnc1-c1ccc(Br)cc1. The first-order valence-corrected chi connectivity index (χ1v) is 14.5. The summed E-state index contributed by atoms with van der Waals surface area (Å²) >= 11 is 6.40. The number of fused-ring (bicyclic) bond motifs is 1. The number of carbonyl (C=O) groups excluding carboxylic acids is 1. The Balaban J connectivity index is 1.45. The van der Waals surface area contributed by atoms with E-state index in [0.717, 1.165) is 47.1 Å². The minimum Gasteiger partial charge on any atom is -0.316 e. The van der Waals surface area contributed by atoms with Gasteiger partial charge in [-0.3, -0.25) is 4.79 Å². The lowest BCUT2D eigenvalue weighted by Crippen LogP contribution is -2.28. The number of rotatable bonds is 8. The van der Waals surface area contributed by atoms with Gasteiger partial charge in [-0.15, -0.1) is 21.5 Å². The number of thiophene rings is 1. The zero-order chi connectivity index (χ0) is 25.2. The molecule has 2 aromatic heterocycles. The highest BCUT2D eigenvalue weighted by molar-refractivity contribution is 9.10. The zero-order valence-corrected chi connectivity index (χ0v) is 23.7. The summed E-state index contributed by atoms with van der Waals surface area (Å²) in [5, 5.41) is 22.9. The molecule has 2 heterocycles. The van der Waals surface area contributed by atoms with Crippen molar-refractivity contribution in [2.45, 2.75) is 65.1 Å². The van der Waals surface area contributed by atoms with Crippen molar-refractivity contribution in [1.29, 1.82) is 5.26 Å². The number of amides is 1. The number of halogens is 1. The highest BCUT2D eigenvalue weighted by Gasteiger charge is 2.34. The average Bonchev–Trinajstić information content (AvgIpc) is 3.42. The summed E-state index contributed by atoms with van der Waals surface area (Å²) in [6.45, 7) is 9.65. The molecule has 4 rings (SSSR count). The van der Waals surface area contributed by atoms with Crippen LogP contribution in [0.15, 0.2) is 33.9 Å². The molecule has 1 unspecified atom stereocenters. The monoisotopic (exact) mass is 571 g/mol. The largest absolute Gasteiger partial charge is 0.316 e. The van der Waals surface area contributed by atoms with E-state index < -0.39 is 0 Å². The first-order valence-electron chi connectivity index (χ1n) is 11.9. The van der Waals surface area contributed by atoms with Gasteiger partial charge in [-0.05, 0) is 55.2 Å². The van der Waals surface area contributed by atoms with E-state index in [1.165, 1.54) is 16.6 Å². The average molecular weight is 573 g/mol. The number of hydrogen-bond donors (Lipinski definition) is 1. The molecule has 6 nitrogen and oxygen atoms in total. The number of nitriles is 1. The van der Waals surface area contributed by atoms with Crippen molar-refractivity contribution in [3.05, 3.63) is 44.7 Å². The van der Waals surface area contributed by atoms with Gasteiger partial charge in [0, 0.05) is 21.5 Å². The van der Waals surface area contributed by atoms with Crippen LogP contribution in [-0.2, 0) is 24.2 Å². The minimum atomic E-state index is -0.133. The number of thioether (sulfide) groups is 1. The summed E-state index contributed by atoms with van der Waals surface area (Å²) < 4.78 is 3.02.